The average Bonchev–Trinajstić information content (AvgIpc) is 3.17. The lowest BCUT2D eigenvalue weighted by molar-refractivity contribution is -0.140. The third kappa shape index (κ3) is 5.13. The molecule has 0 bridgehead atoms. The van der Waals surface area contributed by atoms with Crippen LogP contribution in [-0.2, 0) is 6.18 Å². The number of hydrogen-bond donors (Lipinski definition) is 4. The van der Waals surface area contributed by atoms with E-state index in [9.17, 15) is 22.4 Å². The molecule has 4 rings (SSSR count). The summed E-state index contributed by atoms with van der Waals surface area (Å²) in [5, 5.41) is 6.06. The molecular weight excluding hydrogens is 450 g/mol. The number of amides is 1. The Morgan fingerprint density at radius 1 is 1.12 bits per heavy atom. The highest BCUT2D eigenvalue weighted by Crippen LogP contribution is 2.35. The van der Waals surface area contributed by atoms with Crippen LogP contribution in [0.3, 0.4) is 0 Å². The van der Waals surface area contributed by atoms with Gasteiger partial charge >= 0.3 is 6.18 Å². The monoisotopic (exact) mass is 471 g/mol. The van der Waals surface area contributed by atoms with Gasteiger partial charge in [0.2, 0.25) is 0 Å². The lowest BCUT2D eigenvalue weighted by Crippen LogP contribution is -2.33. The smallest absolute Gasteiger partial charge is 0.381 e. The maximum absolute atomic E-state index is 13.2. The Bertz CT molecular complexity index is 1090. The molecule has 0 atom stereocenters. The van der Waals surface area contributed by atoms with E-state index in [0.29, 0.717) is 5.69 Å². The number of rotatable bonds is 4. The van der Waals surface area contributed by atoms with Crippen LogP contribution in [0.5, 0.6) is 0 Å². The maximum atomic E-state index is 13.2. The number of fused-ring (bicyclic) bond motifs is 1. The average molecular weight is 472 g/mol. The third-order valence-corrected chi connectivity index (χ3v) is 5.43. The summed E-state index contributed by atoms with van der Waals surface area (Å²) in [6, 6.07) is 6.20. The summed E-state index contributed by atoms with van der Waals surface area (Å²) < 4.78 is 52.8. The number of anilines is 2. The van der Waals surface area contributed by atoms with Crippen LogP contribution in [0.1, 0.15) is 41.7 Å². The predicted molar refractivity (Wildman–Crippen MR) is 117 cm³/mol. The Labute approximate surface area is 187 Å². The Balaban J connectivity index is 0.00000289. The van der Waals surface area contributed by atoms with Gasteiger partial charge in [-0.05, 0) is 56.0 Å². The van der Waals surface area contributed by atoms with E-state index < -0.39 is 23.6 Å². The summed E-state index contributed by atoms with van der Waals surface area (Å²) in [6.45, 7) is 0. The summed E-state index contributed by atoms with van der Waals surface area (Å²) in [5.41, 5.74) is 5.76. The van der Waals surface area contributed by atoms with Crippen molar-refractivity contribution in [2.75, 3.05) is 10.6 Å². The van der Waals surface area contributed by atoms with Crippen molar-refractivity contribution in [3.63, 3.8) is 0 Å². The molecule has 0 aliphatic heterocycles. The molecule has 0 unspecified atom stereocenters. The van der Waals surface area contributed by atoms with Gasteiger partial charge in [0.05, 0.1) is 11.3 Å². The fourth-order valence-electron chi connectivity index (χ4n) is 3.75. The second kappa shape index (κ2) is 9.33. The molecule has 6 nitrogen and oxygen atoms in total. The molecule has 1 aliphatic rings. The van der Waals surface area contributed by atoms with Crippen LogP contribution in [0, 0.1) is 5.82 Å². The van der Waals surface area contributed by atoms with Crippen LogP contribution >= 0.6 is 12.4 Å². The molecule has 0 spiro atoms. The summed E-state index contributed by atoms with van der Waals surface area (Å²) in [7, 11) is 0. The van der Waals surface area contributed by atoms with Crippen LogP contribution < -0.4 is 16.4 Å². The molecule has 11 heteroatoms. The first-order chi connectivity index (χ1) is 14.7. The van der Waals surface area contributed by atoms with E-state index in [1.54, 1.807) is 0 Å². The molecule has 172 valence electrons. The number of alkyl halides is 3. The van der Waals surface area contributed by atoms with E-state index in [-0.39, 0.29) is 46.8 Å². The van der Waals surface area contributed by atoms with Crippen LogP contribution in [0.25, 0.3) is 11.0 Å². The highest BCUT2D eigenvalue weighted by molar-refractivity contribution is 6.12. The van der Waals surface area contributed by atoms with Crippen molar-refractivity contribution < 1.29 is 22.4 Å². The predicted octanol–water partition coefficient (Wildman–Crippen LogP) is 5.08. The van der Waals surface area contributed by atoms with E-state index in [2.05, 4.69) is 20.6 Å². The normalized spacial score (nSPS) is 18.8. The number of carbonyl (C=O) groups is 1. The minimum Gasteiger partial charge on any atom is -0.381 e. The van der Waals surface area contributed by atoms with E-state index >= 15 is 0 Å². The Morgan fingerprint density at radius 2 is 1.78 bits per heavy atom. The summed E-state index contributed by atoms with van der Waals surface area (Å²) in [4.78, 5) is 19.2. The number of nitrogens with two attached hydrogens (primary N) is 1. The lowest BCUT2D eigenvalue weighted by atomic mass is 9.91. The first kappa shape index (κ1) is 23.8. The van der Waals surface area contributed by atoms with Crippen molar-refractivity contribution in [1.29, 1.82) is 0 Å². The maximum Gasteiger partial charge on any atom is 0.431 e. The number of aromatic amines is 1. The Morgan fingerprint density at radius 3 is 2.41 bits per heavy atom. The van der Waals surface area contributed by atoms with Crippen molar-refractivity contribution in [3.8, 4) is 0 Å². The van der Waals surface area contributed by atoms with Crippen LogP contribution in [-0.4, -0.2) is 28.0 Å². The van der Waals surface area contributed by atoms with Gasteiger partial charge in [0.25, 0.3) is 5.91 Å². The SMILES string of the molecule is Cl.NC1CCC(Nc2c(C(=O)Nc3ccc(F)cc3)cnc3[nH]c(C(F)(F)F)cc23)CC1. The van der Waals surface area contributed by atoms with Crippen LogP contribution in [0.15, 0.2) is 36.5 Å². The van der Waals surface area contributed by atoms with Gasteiger partial charge in [-0.15, -0.1) is 12.4 Å². The molecule has 1 aliphatic carbocycles. The fourth-order valence-corrected chi connectivity index (χ4v) is 3.75. The second-order valence-corrected chi connectivity index (χ2v) is 7.71. The minimum absolute atomic E-state index is 0. The van der Waals surface area contributed by atoms with Gasteiger partial charge < -0.3 is 21.4 Å². The minimum atomic E-state index is -4.58. The first-order valence-corrected chi connectivity index (χ1v) is 9.88. The molecular formula is C21H22ClF4N5O. The van der Waals surface area contributed by atoms with Gasteiger partial charge in [-0.25, -0.2) is 9.37 Å². The summed E-state index contributed by atoms with van der Waals surface area (Å²) in [6.07, 6.45) is -0.310. The highest BCUT2D eigenvalue weighted by Gasteiger charge is 2.34. The molecule has 0 radical (unpaired) electrons. The third-order valence-electron chi connectivity index (χ3n) is 5.43. The summed E-state index contributed by atoms with van der Waals surface area (Å²) in [5.74, 6) is -1.02. The summed E-state index contributed by atoms with van der Waals surface area (Å²) >= 11 is 0. The molecule has 2 heterocycles. The Kier molecular flexibility index (Phi) is 6.94. The molecule has 32 heavy (non-hydrogen) atoms. The van der Waals surface area contributed by atoms with Gasteiger partial charge in [0.1, 0.15) is 17.2 Å². The van der Waals surface area contributed by atoms with Crippen molar-refractivity contribution in [2.24, 2.45) is 5.73 Å². The topological polar surface area (TPSA) is 95.8 Å². The van der Waals surface area contributed by atoms with Gasteiger partial charge in [0, 0.05) is 29.4 Å². The number of pyridine rings is 1. The molecule has 0 saturated heterocycles. The molecule has 1 fully saturated rings. The fraction of sp³-hybridized carbons (Fsp3) is 0.333. The van der Waals surface area contributed by atoms with Gasteiger partial charge in [-0.1, -0.05) is 0 Å². The van der Waals surface area contributed by atoms with Crippen LogP contribution in [0.2, 0.25) is 0 Å². The number of H-pyrrole nitrogens is 1. The van der Waals surface area contributed by atoms with Gasteiger partial charge in [-0.2, -0.15) is 13.2 Å². The quantitative estimate of drug-likeness (QED) is 0.399. The number of nitrogens with zero attached hydrogens (tertiary/aromatic N) is 1. The van der Waals surface area contributed by atoms with E-state index in [1.165, 1.54) is 30.5 Å². The van der Waals surface area contributed by atoms with Crippen LogP contribution in [0.4, 0.5) is 28.9 Å². The van der Waals surface area contributed by atoms with Crippen molar-refractivity contribution in [2.45, 2.75) is 43.9 Å². The zero-order valence-corrected chi connectivity index (χ0v) is 17.6. The largest absolute Gasteiger partial charge is 0.431 e. The molecule has 1 aromatic carbocycles. The van der Waals surface area contributed by atoms with E-state index in [0.717, 1.165) is 31.7 Å². The Hall–Kier alpha value is -2.85. The van der Waals surface area contributed by atoms with Gasteiger partial charge in [-0.3, -0.25) is 4.79 Å². The molecule has 3 aromatic rings. The number of nitrogens with one attached hydrogen (secondary N) is 3. The standard InChI is InChI=1S/C21H21F4N5O.ClH/c22-11-1-5-14(6-2-11)29-20(31)16-10-27-19-15(9-17(30-19)21(23,24)25)18(16)28-13-7-3-12(26)4-8-13;/h1-2,5-6,9-10,12-13H,3-4,7-8,26H2,(H,29,31)(H2,27,28,30);1H. The zero-order valence-electron chi connectivity index (χ0n) is 16.8. The zero-order chi connectivity index (χ0) is 22.2. The number of benzene rings is 1. The first-order valence-electron chi connectivity index (χ1n) is 9.88. The molecule has 2 aromatic heterocycles. The number of hydrogen-bond acceptors (Lipinski definition) is 4. The molecule has 1 saturated carbocycles. The van der Waals surface area contributed by atoms with Crippen molar-refractivity contribution in [3.05, 3.63) is 53.6 Å². The number of carbonyl (C=O) groups excluding carboxylic acids is 1. The highest BCUT2D eigenvalue weighted by atomic mass is 35.5. The number of aromatic nitrogens is 2. The molecule has 1 amide bonds. The lowest BCUT2D eigenvalue weighted by Gasteiger charge is -2.28. The van der Waals surface area contributed by atoms with Crippen molar-refractivity contribution in [1.82, 2.24) is 9.97 Å². The number of halogens is 5. The second-order valence-electron chi connectivity index (χ2n) is 7.71. The van der Waals surface area contributed by atoms with E-state index in [1.807, 2.05) is 0 Å². The molecule has 5 N–H and O–H groups in total. The van der Waals surface area contributed by atoms with E-state index in [4.69, 9.17) is 5.73 Å². The van der Waals surface area contributed by atoms with Gasteiger partial charge in [0.15, 0.2) is 0 Å². The van der Waals surface area contributed by atoms with Crippen molar-refractivity contribution >= 4 is 40.7 Å².